The van der Waals surface area contributed by atoms with E-state index in [4.69, 9.17) is 27.4 Å². The van der Waals surface area contributed by atoms with Crippen LogP contribution in [0.5, 0.6) is 0 Å². The number of nitrogens with zero attached hydrogens (tertiary/aromatic N) is 3. The number of thiazole rings is 1. The van der Waals surface area contributed by atoms with Crippen molar-refractivity contribution < 1.29 is 12.8 Å². The van der Waals surface area contributed by atoms with Crippen LogP contribution in [0.15, 0.2) is 60.5 Å². The van der Waals surface area contributed by atoms with Gasteiger partial charge < -0.3 is 27.4 Å². The van der Waals surface area contributed by atoms with Crippen molar-refractivity contribution in [3.05, 3.63) is 47.5 Å². The van der Waals surface area contributed by atoms with E-state index in [-0.39, 0.29) is 23.1 Å². The Hall–Kier alpha value is -3.38. The lowest BCUT2D eigenvalue weighted by molar-refractivity contribution is 0.538. The molecule has 0 amide bonds. The lowest BCUT2D eigenvalue weighted by Gasteiger charge is -2.02. The first-order valence-electron chi connectivity index (χ1n) is 7.82. The van der Waals surface area contributed by atoms with Gasteiger partial charge in [-0.25, -0.2) is 4.98 Å². The third kappa shape index (κ3) is 4.66. The molecule has 28 heavy (non-hydrogen) atoms. The first-order valence-corrected chi connectivity index (χ1v) is 10.1. The molecule has 0 spiro atoms. The molecule has 10 nitrogen and oxygen atoms in total. The largest absolute Gasteiger partial charge is 0.459 e. The third-order valence-electron chi connectivity index (χ3n) is 3.40. The highest BCUT2D eigenvalue weighted by Gasteiger charge is 2.15. The minimum Gasteiger partial charge on any atom is -0.459 e. The number of guanidine groups is 1. The van der Waals surface area contributed by atoms with Gasteiger partial charge in [-0.05, 0) is 36.4 Å². The molecule has 0 saturated heterocycles. The Balaban J connectivity index is 1.75. The molecule has 0 atom stereocenters. The van der Waals surface area contributed by atoms with E-state index in [2.05, 4.69) is 14.4 Å². The van der Waals surface area contributed by atoms with Crippen LogP contribution in [0, 0.1) is 0 Å². The molecule has 0 saturated carbocycles. The molecule has 8 N–H and O–H groups in total. The zero-order valence-electron chi connectivity index (χ0n) is 14.4. The van der Waals surface area contributed by atoms with Gasteiger partial charge in [0.15, 0.2) is 11.7 Å². The average Bonchev–Trinajstić information content (AvgIpc) is 3.23. The number of hydrogen-bond acceptors (Lipinski definition) is 7. The van der Waals surface area contributed by atoms with Crippen molar-refractivity contribution >= 4 is 44.0 Å². The Kier molecular flexibility index (Phi) is 5.33. The van der Waals surface area contributed by atoms with Gasteiger partial charge in [0, 0.05) is 11.1 Å². The number of sulfonamides is 1. The summed E-state index contributed by atoms with van der Waals surface area (Å²) in [6.45, 7) is 0. The summed E-state index contributed by atoms with van der Waals surface area (Å²) in [5.74, 6) is 0.696. The number of anilines is 1. The Labute approximate surface area is 164 Å². The van der Waals surface area contributed by atoms with E-state index < -0.39 is 10.0 Å². The van der Waals surface area contributed by atoms with Crippen LogP contribution >= 0.6 is 11.3 Å². The van der Waals surface area contributed by atoms with E-state index in [0.29, 0.717) is 28.0 Å². The number of furan rings is 1. The highest BCUT2D eigenvalue weighted by molar-refractivity contribution is 7.90. The Bertz CT molecular complexity index is 1140. The minimum atomic E-state index is -3.93. The molecule has 0 radical (unpaired) electrons. The van der Waals surface area contributed by atoms with Crippen molar-refractivity contribution in [1.29, 1.82) is 0 Å². The summed E-state index contributed by atoms with van der Waals surface area (Å²) >= 11 is 1.25. The Morgan fingerprint density at radius 2 is 1.82 bits per heavy atom. The number of nitrogen functional groups attached to an aromatic ring is 1. The van der Waals surface area contributed by atoms with Gasteiger partial charge in [-0.1, -0.05) is 0 Å². The first kappa shape index (κ1) is 19.4. The minimum absolute atomic E-state index is 0.000446. The van der Waals surface area contributed by atoms with Gasteiger partial charge in [-0.15, -0.1) is 15.7 Å². The van der Waals surface area contributed by atoms with Gasteiger partial charge in [0.2, 0.25) is 5.13 Å². The molecule has 1 aromatic carbocycles. The lowest BCUT2D eigenvalue weighted by Crippen LogP contribution is -2.21. The van der Waals surface area contributed by atoms with E-state index in [1.54, 1.807) is 17.5 Å². The van der Waals surface area contributed by atoms with Gasteiger partial charge in [-0.2, -0.15) is 13.4 Å². The van der Waals surface area contributed by atoms with Crippen LogP contribution in [0.1, 0.15) is 5.76 Å². The van der Waals surface area contributed by atoms with E-state index in [0.717, 1.165) is 0 Å². The van der Waals surface area contributed by atoms with E-state index in [9.17, 15) is 8.42 Å². The van der Waals surface area contributed by atoms with Crippen LogP contribution in [0.25, 0.3) is 11.5 Å². The molecule has 0 aliphatic heterocycles. The maximum absolute atomic E-state index is 12.3. The molecular weight excluding hydrogens is 402 g/mol. The topological polar surface area (TPSA) is 189 Å². The zero-order valence-corrected chi connectivity index (χ0v) is 16.1. The van der Waals surface area contributed by atoms with Crippen molar-refractivity contribution in [2.24, 2.45) is 26.6 Å². The maximum atomic E-state index is 12.3. The van der Waals surface area contributed by atoms with Crippen molar-refractivity contribution in [1.82, 2.24) is 4.98 Å². The molecule has 0 aliphatic carbocycles. The van der Waals surface area contributed by atoms with Crippen LogP contribution in [-0.4, -0.2) is 25.2 Å². The summed E-state index contributed by atoms with van der Waals surface area (Å²) in [6, 6.07) is 9.02. The molecule has 12 heteroatoms. The standard InChI is InChI=1S/C16H17N7O3S2/c17-9-1-4-11(5-2-9)28(24,25)23-14(18)7-10-3-6-13(26-10)12-8-27-16(21-12)22-15(19)20/h1-6,8H,7,17H2,(H2,18,23)(H4,19,20,21,22). The summed E-state index contributed by atoms with van der Waals surface area (Å²) in [4.78, 5) is 8.09. The molecule has 0 bridgehead atoms. The van der Waals surface area contributed by atoms with Crippen LogP contribution in [-0.2, 0) is 16.4 Å². The SMILES string of the molecule is NC(N)=Nc1nc(-c2ccc(C/C(N)=N\S(=O)(=O)c3ccc(N)cc3)o2)cs1. The third-order valence-corrected chi connectivity index (χ3v) is 5.48. The molecule has 2 heterocycles. The second-order valence-corrected chi connectivity index (χ2v) is 8.06. The summed E-state index contributed by atoms with van der Waals surface area (Å²) in [6.07, 6.45) is 0.0130. The van der Waals surface area contributed by atoms with Crippen molar-refractivity contribution in [3.8, 4) is 11.5 Å². The summed E-state index contributed by atoms with van der Waals surface area (Å²) in [5, 5.41) is 2.12. The predicted octanol–water partition coefficient (Wildman–Crippen LogP) is 1.18. The lowest BCUT2D eigenvalue weighted by atomic mass is 10.3. The van der Waals surface area contributed by atoms with Gasteiger partial charge in [0.05, 0.1) is 11.3 Å². The van der Waals surface area contributed by atoms with Gasteiger partial charge in [-0.3, -0.25) is 0 Å². The molecular formula is C16H17N7O3S2. The molecule has 3 rings (SSSR count). The number of rotatable bonds is 6. The van der Waals surface area contributed by atoms with Crippen molar-refractivity contribution in [2.75, 3.05) is 5.73 Å². The molecule has 0 unspecified atom stereocenters. The Morgan fingerprint density at radius 1 is 1.11 bits per heavy atom. The predicted molar refractivity (Wildman–Crippen MR) is 109 cm³/mol. The Morgan fingerprint density at radius 3 is 2.50 bits per heavy atom. The second-order valence-electron chi connectivity index (χ2n) is 5.62. The fourth-order valence-electron chi connectivity index (χ4n) is 2.21. The fourth-order valence-corrected chi connectivity index (χ4v) is 3.86. The number of benzene rings is 1. The smallest absolute Gasteiger partial charge is 0.283 e. The molecule has 0 fully saturated rings. The summed E-state index contributed by atoms with van der Waals surface area (Å²) in [7, 11) is -3.93. The summed E-state index contributed by atoms with van der Waals surface area (Å²) in [5.41, 5.74) is 23.0. The van der Waals surface area contributed by atoms with Crippen LogP contribution in [0.4, 0.5) is 10.8 Å². The highest BCUT2D eigenvalue weighted by Crippen LogP contribution is 2.28. The molecule has 2 aromatic heterocycles. The quantitative estimate of drug-likeness (QED) is 0.260. The number of hydrogen-bond donors (Lipinski definition) is 4. The van der Waals surface area contributed by atoms with Gasteiger partial charge in [0.25, 0.3) is 10.0 Å². The van der Waals surface area contributed by atoms with Gasteiger partial charge >= 0.3 is 0 Å². The number of aliphatic imine (C=N–C) groups is 1. The van der Waals surface area contributed by atoms with Crippen molar-refractivity contribution in [2.45, 2.75) is 11.3 Å². The first-order chi connectivity index (χ1) is 13.2. The second kappa shape index (κ2) is 7.70. The monoisotopic (exact) mass is 419 g/mol. The number of aromatic nitrogens is 1. The normalized spacial score (nSPS) is 12.1. The van der Waals surface area contributed by atoms with E-state index >= 15 is 0 Å². The van der Waals surface area contributed by atoms with Crippen LogP contribution < -0.4 is 22.9 Å². The molecule has 146 valence electrons. The number of nitrogens with two attached hydrogens (primary N) is 4. The van der Waals surface area contributed by atoms with Gasteiger partial charge in [0.1, 0.15) is 17.3 Å². The average molecular weight is 419 g/mol. The highest BCUT2D eigenvalue weighted by atomic mass is 32.2. The molecule has 3 aromatic rings. The summed E-state index contributed by atoms with van der Waals surface area (Å²) < 4.78 is 33.8. The van der Waals surface area contributed by atoms with Crippen molar-refractivity contribution in [3.63, 3.8) is 0 Å². The van der Waals surface area contributed by atoms with E-state index in [1.807, 2.05) is 0 Å². The van der Waals surface area contributed by atoms with E-state index in [1.165, 1.54) is 35.6 Å². The zero-order chi connectivity index (χ0) is 20.3. The maximum Gasteiger partial charge on any atom is 0.283 e. The fraction of sp³-hybridized carbons (Fsp3) is 0.0625. The van der Waals surface area contributed by atoms with Crippen LogP contribution in [0.3, 0.4) is 0 Å². The van der Waals surface area contributed by atoms with Crippen LogP contribution in [0.2, 0.25) is 0 Å². The molecule has 0 aliphatic rings. The number of amidine groups is 1.